The molecule has 4 heteroatoms. The number of rotatable bonds is 3. The zero-order chi connectivity index (χ0) is 13.0. The van der Waals surface area contributed by atoms with E-state index in [1.807, 2.05) is 0 Å². The van der Waals surface area contributed by atoms with Crippen LogP contribution in [-0.4, -0.2) is 24.2 Å². The summed E-state index contributed by atoms with van der Waals surface area (Å²) in [5.74, 6) is 4.88. The van der Waals surface area contributed by atoms with Gasteiger partial charge in [0.2, 0.25) is 0 Å². The fraction of sp³-hybridized carbons (Fsp3) is 0.357. The number of carbonyl (C=O) groups is 1. The predicted octanol–water partition coefficient (Wildman–Crippen LogP) is 1.31. The van der Waals surface area contributed by atoms with E-state index in [4.69, 9.17) is 5.11 Å². The van der Waals surface area contributed by atoms with E-state index in [0.717, 1.165) is 12.8 Å². The van der Waals surface area contributed by atoms with Crippen molar-refractivity contribution in [1.29, 1.82) is 0 Å². The summed E-state index contributed by atoms with van der Waals surface area (Å²) in [4.78, 5) is 11.9. The maximum absolute atomic E-state index is 13.2. The highest BCUT2D eigenvalue weighted by Crippen LogP contribution is 2.27. The molecule has 3 nitrogen and oxygen atoms in total. The lowest BCUT2D eigenvalue weighted by Crippen LogP contribution is -2.26. The van der Waals surface area contributed by atoms with Crippen molar-refractivity contribution in [3.8, 4) is 11.8 Å². The monoisotopic (exact) mass is 247 g/mol. The number of hydrogen-bond donors (Lipinski definition) is 2. The Morgan fingerprint density at radius 1 is 1.50 bits per heavy atom. The minimum atomic E-state index is -0.471. The van der Waals surface area contributed by atoms with Gasteiger partial charge in [-0.3, -0.25) is 4.79 Å². The molecule has 2 rings (SSSR count). The Morgan fingerprint density at radius 2 is 2.28 bits per heavy atom. The van der Waals surface area contributed by atoms with Gasteiger partial charge in [-0.05, 0) is 37.0 Å². The second kappa shape index (κ2) is 5.65. The smallest absolute Gasteiger partial charge is 0.252 e. The summed E-state index contributed by atoms with van der Waals surface area (Å²) in [5.41, 5.74) is 0.648. The van der Waals surface area contributed by atoms with Crippen LogP contribution in [0.5, 0.6) is 0 Å². The van der Waals surface area contributed by atoms with Gasteiger partial charge in [0.1, 0.15) is 12.4 Å². The maximum Gasteiger partial charge on any atom is 0.252 e. The molecule has 1 aromatic rings. The Bertz CT molecular complexity index is 512. The summed E-state index contributed by atoms with van der Waals surface area (Å²) in [6.07, 6.45) is 2.28. The molecule has 1 aliphatic rings. The standard InChI is InChI=1S/C14H14FNO2/c15-12-6-5-11(2-1-7-17)13(8-12)14(18)16-9-10-3-4-10/h5-6,8,10,17H,3-4,7,9H2,(H,16,18). The quantitative estimate of drug-likeness (QED) is 0.791. The van der Waals surface area contributed by atoms with E-state index in [9.17, 15) is 9.18 Å². The summed E-state index contributed by atoms with van der Waals surface area (Å²) in [6, 6.07) is 3.87. The Morgan fingerprint density at radius 3 is 2.94 bits per heavy atom. The molecule has 0 bridgehead atoms. The second-order valence-electron chi connectivity index (χ2n) is 4.30. The van der Waals surface area contributed by atoms with E-state index in [0.29, 0.717) is 18.0 Å². The van der Waals surface area contributed by atoms with Gasteiger partial charge in [-0.1, -0.05) is 11.8 Å². The number of benzene rings is 1. The highest BCUT2D eigenvalue weighted by molar-refractivity contribution is 5.96. The van der Waals surface area contributed by atoms with Gasteiger partial charge in [-0.15, -0.1) is 0 Å². The number of amides is 1. The van der Waals surface area contributed by atoms with Crippen molar-refractivity contribution in [3.63, 3.8) is 0 Å². The van der Waals surface area contributed by atoms with Crippen LogP contribution in [0.3, 0.4) is 0 Å². The number of carbonyl (C=O) groups excluding carboxylic acids is 1. The van der Waals surface area contributed by atoms with Crippen molar-refractivity contribution >= 4 is 5.91 Å². The minimum absolute atomic E-state index is 0.219. The van der Waals surface area contributed by atoms with Crippen LogP contribution in [-0.2, 0) is 0 Å². The third-order valence-electron chi connectivity index (χ3n) is 2.78. The average Bonchev–Trinajstić information content (AvgIpc) is 3.18. The molecule has 2 N–H and O–H groups in total. The van der Waals surface area contributed by atoms with Crippen LogP contribution in [0.15, 0.2) is 18.2 Å². The van der Waals surface area contributed by atoms with Gasteiger partial charge >= 0.3 is 0 Å². The van der Waals surface area contributed by atoms with Crippen molar-refractivity contribution in [2.24, 2.45) is 5.92 Å². The molecule has 0 radical (unpaired) electrons. The Labute approximate surface area is 105 Å². The largest absolute Gasteiger partial charge is 0.384 e. The molecule has 0 heterocycles. The molecule has 0 aliphatic heterocycles. The molecular weight excluding hydrogens is 233 g/mol. The zero-order valence-electron chi connectivity index (χ0n) is 9.87. The molecule has 1 amide bonds. The zero-order valence-corrected chi connectivity index (χ0v) is 9.87. The molecular formula is C14H14FNO2. The highest BCUT2D eigenvalue weighted by Gasteiger charge is 2.22. The topological polar surface area (TPSA) is 49.3 Å². The minimum Gasteiger partial charge on any atom is -0.384 e. The molecule has 1 saturated carbocycles. The summed E-state index contributed by atoms with van der Waals surface area (Å²) in [7, 11) is 0. The van der Waals surface area contributed by atoms with Crippen LogP contribution in [0.1, 0.15) is 28.8 Å². The van der Waals surface area contributed by atoms with E-state index in [1.54, 1.807) is 0 Å². The fourth-order valence-corrected chi connectivity index (χ4v) is 1.60. The number of halogens is 1. The predicted molar refractivity (Wildman–Crippen MR) is 65.4 cm³/mol. The average molecular weight is 247 g/mol. The normalized spacial score (nSPS) is 13.7. The highest BCUT2D eigenvalue weighted by atomic mass is 19.1. The summed E-state index contributed by atoms with van der Waals surface area (Å²) in [5, 5.41) is 11.4. The first kappa shape index (κ1) is 12.6. The Kier molecular flexibility index (Phi) is 3.96. The van der Waals surface area contributed by atoms with Gasteiger partial charge in [0, 0.05) is 12.1 Å². The van der Waals surface area contributed by atoms with E-state index in [2.05, 4.69) is 17.2 Å². The molecule has 1 aliphatic carbocycles. The molecule has 18 heavy (non-hydrogen) atoms. The van der Waals surface area contributed by atoms with Crippen molar-refractivity contribution in [2.45, 2.75) is 12.8 Å². The van der Waals surface area contributed by atoms with Crippen LogP contribution in [0.25, 0.3) is 0 Å². The Balaban J connectivity index is 2.16. The molecule has 1 fully saturated rings. The van der Waals surface area contributed by atoms with Crippen molar-refractivity contribution in [3.05, 3.63) is 35.1 Å². The van der Waals surface area contributed by atoms with Crippen LogP contribution in [0.4, 0.5) is 4.39 Å². The van der Waals surface area contributed by atoms with Crippen molar-refractivity contribution in [2.75, 3.05) is 13.2 Å². The molecule has 0 atom stereocenters. The van der Waals surface area contributed by atoms with Gasteiger partial charge in [0.15, 0.2) is 0 Å². The van der Waals surface area contributed by atoms with Crippen LogP contribution in [0, 0.1) is 23.6 Å². The van der Waals surface area contributed by atoms with Gasteiger partial charge < -0.3 is 10.4 Å². The summed E-state index contributed by atoms with van der Waals surface area (Å²) >= 11 is 0. The third kappa shape index (κ3) is 3.31. The second-order valence-corrected chi connectivity index (χ2v) is 4.30. The van der Waals surface area contributed by atoms with Crippen molar-refractivity contribution < 1.29 is 14.3 Å². The first-order valence-electron chi connectivity index (χ1n) is 5.88. The van der Waals surface area contributed by atoms with Gasteiger partial charge in [-0.25, -0.2) is 4.39 Å². The molecule has 0 unspecified atom stereocenters. The fourth-order valence-electron chi connectivity index (χ4n) is 1.60. The molecule has 0 saturated heterocycles. The number of aliphatic hydroxyl groups is 1. The number of hydrogen-bond acceptors (Lipinski definition) is 2. The van der Waals surface area contributed by atoms with Gasteiger partial charge in [-0.2, -0.15) is 0 Å². The Hall–Kier alpha value is -1.86. The SMILES string of the molecule is O=C(NCC1CC1)c1cc(F)ccc1C#CCO. The van der Waals surface area contributed by atoms with Gasteiger partial charge in [0.25, 0.3) is 5.91 Å². The first-order valence-corrected chi connectivity index (χ1v) is 5.88. The van der Waals surface area contributed by atoms with Crippen molar-refractivity contribution in [1.82, 2.24) is 5.32 Å². The van der Waals surface area contributed by atoms with E-state index < -0.39 is 5.82 Å². The molecule has 94 valence electrons. The van der Waals surface area contributed by atoms with E-state index >= 15 is 0 Å². The van der Waals surface area contributed by atoms with E-state index in [-0.39, 0.29) is 18.1 Å². The van der Waals surface area contributed by atoms with Crippen LogP contribution in [0.2, 0.25) is 0 Å². The summed E-state index contributed by atoms with van der Waals surface area (Å²) in [6.45, 7) is 0.336. The molecule has 0 spiro atoms. The molecule has 1 aromatic carbocycles. The number of nitrogens with one attached hydrogen (secondary N) is 1. The first-order chi connectivity index (χ1) is 8.70. The van der Waals surface area contributed by atoms with Crippen LogP contribution < -0.4 is 5.32 Å². The van der Waals surface area contributed by atoms with Crippen LogP contribution >= 0.6 is 0 Å². The third-order valence-corrected chi connectivity index (χ3v) is 2.78. The lowest BCUT2D eigenvalue weighted by molar-refractivity contribution is 0.0951. The van der Waals surface area contributed by atoms with E-state index in [1.165, 1.54) is 18.2 Å². The summed E-state index contributed by atoms with van der Waals surface area (Å²) < 4.78 is 13.2. The lowest BCUT2D eigenvalue weighted by Gasteiger charge is -2.06. The molecule has 0 aromatic heterocycles. The maximum atomic E-state index is 13.2. The lowest BCUT2D eigenvalue weighted by atomic mass is 10.1. The number of aliphatic hydroxyl groups excluding tert-OH is 1. The van der Waals surface area contributed by atoms with Gasteiger partial charge in [0.05, 0.1) is 5.56 Å².